The Morgan fingerprint density at radius 3 is 2.71 bits per heavy atom. The Labute approximate surface area is 112 Å². The third-order valence-corrected chi connectivity index (χ3v) is 3.94. The van der Waals surface area contributed by atoms with Gasteiger partial charge in [0.25, 0.3) is 0 Å². The Balaban J connectivity index is 2.75. The molecular formula is C12H22BrN3O. The third-order valence-electron chi connectivity index (χ3n) is 3.02. The molecule has 0 aromatic carbocycles. The van der Waals surface area contributed by atoms with Crippen molar-refractivity contribution in [3.63, 3.8) is 0 Å². The molecule has 1 atom stereocenters. The molecule has 0 saturated heterocycles. The van der Waals surface area contributed by atoms with Crippen molar-refractivity contribution in [3.8, 4) is 0 Å². The fourth-order valence-electron chi connectivity index (χ4n) is 1.88. The van der Waals surface area contributed by atoms with E-state index in [2.05, 4.69) is 33.3 Å². The summed E-state index contributed by atoms with van der Waals surface area (Å²) in [6.07, 6.45) is 2.92. The standard InChI is InChI=1S/C12H22BrN3O/c1-5-10-12(13)11(16(3)15-10)8-9(14-2)6-7-17-4/h9,14H,5-8H2,1-4H3. The van der Waals surface area contributed by atoms with Crippen LogP contribution < -0.4 is 5.32 Å². The SMILES string of the molecule is CCc1nn(C)c(CC(CCOC)NC)c1Br. The van der Waals surface area contributed by atoms with Gasteiger partial charge in [-0.05, 0) is 35.8 Å². The van der Waals surface area contributed by atoms with Gasteiger partial charge in [-0.1, -0.05) is 6.92 Å². The molecule has 1 aromatic rings. The Bertz CT molecular complexity index is 352. The number of rotatable bonds is 7. The number of ether oxygens (including phenoxy) is 1. The van der Waals surface area contributed by atoms with Crippen molar-refractivity contribution in [2.45, 2.75) is 32.2 Å². The molecule has 0 aliphatic rings. The summed E-state index contributed by atoms with van der Waals surface area (Å²) in [4.78, 5) is 0. The van der Waals surface area contributed by atoms with Crippen molar-refractivity contribution in [3.05, 3.63) is 15.9 Å². The number of nitrogens with zero attached hydrogens (tertiary/aromatic N) is 2. The van der Waals surface area contributed by atoms with Gasteiger partial charge in [-0.2, -0.15) is 5.10 Å². The maximum atomic E-state index is 5.12. The molecule has 5 heteroatoms. The molecule has 4 nitrogen and oxygen atoms in total. The lowest BCUT2D eigenvalue weighted by atomic mass is 10.1. The van der Waals surface area contributed by atoms with Crippen LogP contribution in [-0.4, -0.2) is 36.6 Å². The van der Waals surface area contributed by atoms with E-state index in [1.165, 1.54) is 5.69 Å². The number of halogens is 1. The molecule has 0 bridgehead atoms. The van der Waals surface area contributed by atoms with Crippen LogP contribution in [0.5, 0.6) is 0 Å². The van der Waals surface area contributed by atoms with Crippen LogP contribution in [0.15, 0.2) is 4.47 Å². The highest BCUT2D eigenvalue weighted by Gasteiger charge is 2.16. The molecule has 0 saturated carbocycles. The van der Waals surface area contributed by atoms with Crippen molar-refractivity contribution in [2.24, 2.45) is 7.05 Å². The van der Waals surface area contributed by atoms with Gasteiger partial charge in [0, 0.05) is 33.2 Å². The second kappa shape index (κ2) is 7.13. The van der Waals surface area contributed by atoms with E-state index >= 15 is 0 Å². The quantitative estimate of drug-likeness (QED) is 0.836. The maximum absolute atomic E-state index is 5.12. The van der Waals surface area contributed by atoms with Gasteiger partial charge in [-0.3, -0.25) is 4.68 Å². The van der Waals surface area contributed by atoms with Crippen LogP contribution >= 0.6 is 15.9 Å². The molecule has 0 fully saturated rings. The van der Waals surface area contributed by atoms with Crippen LogP contribution in [0.1, 0.15) is 24.7 Å². The molecule has 0 spiro atoms. The first-order valence-electron chi connectivity index (χ1n) is 6.00. The van der Waals surface area contributed by atoms with Crippen LogP contribution in [0.2, 0.25) is 0 Å². The fourth-order valence-corrected chi connectivity index (χ4v) is 2.66. The highest BCUT2D eigenvalue weighted by atomic mass is 79.9. The van der Waals surface area contributed by atoms with E-state index in [0.717, 1.165) is 36.0 Å². The molecule has 17 heavy (non-hydrogen) atoms. The van der Waals surface area contributed by atoms with Crippen LogP contribution in [0.4, 0.5) is 0 Å². The molecule has 1 heterocycles. The molecule has 98 valence electrons. The number of methoxy groups -OCH3 is 1. The number of hydrogen-bond acceptors (Lipinski definition) is 3. The van der Waals surface area contributed by atoms with Crippen molar-refractivity contribution in [1.82, 2.24) is 15.1 Å². The largest absolute Gasteiger partial charge is 0.385 e. The predicted octanol–water partition coefficient (Wildman–Crippen LogP) is 1.91. The zero-order valence-corrected chi connectivity index (χ0v) is 12.7. The average molecular weight is 304 g/mol. The van der Waals surface area contributed by atoms with Gasteiger partial charge >= 0.3 is 0 Å². The zero-order chi connectivity index (χ0) is 12.8. The first kappa shape index (κ1) is 14.7. The van der Waals surface area contributed by atoms with E-state index in [1.807, 2.05) is 18.8 Å². The van der Waals surface area contributed by atoms with Crippen molar-refractivity contribution < 1.29 is 4.74 Å². The summed E-state index contributed by atoms with van der Waals surface area (Å²) in [6.45, 7) is 2.90. The summed E-state index contributed by atoms with van der Waals surface area (Å²) in [7, 11) is 5.73. The van der Waals surface area contributed by atoms with Gasteiger partial charge in [-0.25, -0.2) is 0 Å². The minimum atomic E-state index is 0.423. The second-order valence-electron chi connectivity index (χ2n) is 4.16. The van der Waals surface area contributed by atoms with Crippen LogP contribution in [0.25, 0.3) is 0 Å². The Kier molecular flexibility index (Phi) is 6.16. The normalized spacial score (nSPS) is 13.0. The summed E-state index contributed by atoms with van der Waals surface area (Å²) < 4.78 is 8.25. The molecule has 0 radical (unpaired) electrons. The van der Waals surface area contributed by atoms with Crippen LogP contribution in [-0.2, 0) is 24.6 Å². The lowest BCUT2D eigenvalue weighted by Gasteiger charge is -2.16. The van der Waals surface area contributed by atoms with Gasteiger partial charge in [-0.15, -0.1) is 0 Å². The lowest BCUT2D eigenvalue weighted by Crippen LogP contribution is -2.29. The van der Waals surface area contributed by atoms with E-state index < -0.39 is 0 Å². The first-order chi connectivity index (χ1) is 8.13. The Morgan fingerprint density at radius 1 is 1.53 bits per heavy atom. The highest BCUT2D eigenvalue weighted by molar-refractivity contribution is 9.10. The van der Waals surface area contributed by atoms with Crippen molar-refractivity contribution >= 4 is 15.9 Å². The smallest absolute Gasteiger partial charge is 0.0766 e. The fraction of sp³-hybridized carbons (Fsp3) is 0.750. The van der Waals surface area contributed by atoms with E-state index in [4.69, 9.17) is 4.74 Å². The molecule has 0 amide bonds. The summed E-state index contributed by atoms with van der Waals surface area (Å²) in [5.41, 5.74) is 2.38. The lowest BCUT2D eigenvalue weighted by molar-refractivity contribution is 0.183. The van der Waals surface area contributed by atoms with Crippen molar-refractivity contribution in [1.29, 1.82) is 0 Å². The first-order valence-corrected chi connectivity index (χ1v) is 6.79. The van der Waals surface area contributed by atoms with E-state index in [-0.39, 0.29) is 0 Å². The molecule has 1 rings (SSSR count). The summed E-state index contributed by atoms with van der Waals surface area (Å²) in [5.74, 6) is 0. The number of aromatic nitrogens is 2. The zero-order valence-electron chi connectivity index (χ0n) is 11.1. The van der Waals surface area contributed by atoms with Gasteiger partial charge in [0.05, 0.1) is 15.9 Å². The summed E-state index contributed by atoms with van der Waals surface area (Å²) in [5, 5.41) is 7.83. The molecule has 1 aromatic heterocycles. The van der Waals surface area contributed by atoms with Gasteiger partial charge in [0.15, 0.2) is 0 Å². The van der Waals surface area contributed by atoms with E-state index in [1.54, 1.807) is 7.11 Å². The summed E-state index contributed by atoms with van der Waals surface area (Å²) >= 11 is 3.65. The van der Waals surface area contributed by atoms with Crippen LogP contribution in [0.3, 0.4) is 0 Å². The van der Waals surface area contributed by atoms with Gasteiger partial charge in [0.2, 0.25) is 0 Å². The van der Waals surface area contributed by atoms with Gasteiger partial charge < -0.3 is 10.1 Å². The second-order valence-corrected chi connectivity index (χ2v) is 4.95. The predicted molar refractivity (Wildman–Crippen MR) is 73.3 cm³/mol. The minimum absolute atomic E-state index is 0.423. The van der Waals surface area contributed by atoms with Gasteiger partial charge in [0.1, 0.15) is 0 Å². The highest BCUT2D eigenvalue weighted by Crippen LogP contribution is 2.23. The molecule has 1 unspecified atom stereocenters. The molecule has 0 aliphatic carbocycles. The topological polar surface area (TPSA) is 39.1 Å². The molecule has 0 aliphatic heterocycles. The minimum Gasteiger partial charge on any atom is -0.385 e. The molecular weight excluding hydrogens is 282 g/mol. The number of hydrogen-bond donors (Lipinski definition) is 1. The Hall–Kier alpha value is -0.390. The maximum Gasteiger partial charge on any atom is 0.0766 e. The Morgan fingerprint density at radius 2 is 2.24 bits per heavy atom. The monoisotopic (exact) mass is 303 g/mol. The third kappa shape index (κ3) is 3.79. The molecule has 1 N–H and O–H groups in total. The van der Waals surface area contributed by atoms with Crippen molar-refractivity contribution in [2.75, 3.05) is 20.8 Å². The number of likely N-dealkylation sites (N-methyl/N-ethyl adjacent to an activating group) is 1. The average Bonchev–Trinajstić information content (AvgIpc) is 2.60. The van der Waals surface area contributed by atoms with E-state index in [9.17, 15) is 0 Å². The van der Waals surface area contributed by atoms with E-state index in [0.29, 0.717) is 6.04 Å². The number of nitrogens with one attached hydrogen (secondary N) is 1. The summed E-state index contributed by atoms with van der Waals surface area (Å²) in [6, 6.07) is 0.423. The van der Waals surface area contributed by atoms with Crippen LogP contribution in [0, 0.1) is 0 Å². The number of aryl methyl sites for hydroxylation is 2.